The lowest BCUT2D eigenvalue weighted by Crippen LogP contribution is -2.62. The van der Waals surface area contributed by atoms with Crippen molar-refractivity contribution in [3.8, 4) is 0 Å². The van der Waals surface area contributed by atoms with Crippen LogP contribution >= 0.6 is 0 Å². The number of nitrogens with one attached hydrogen (secondary N) is 1. The molecule has 66 heavy (non-hydrogen) atoms. The van der Waals surface area contributed by atoms with E-state index in [0.29, 0.717) is 25.8 Å². The number of aliphatic hydroxyl groups is 6. The second-order valence-corrected chi connectivity index (χ2v) is 20.8. The fourth-order valence-electron chi connectivity index (χ4n) is 10.0. The lowest BCUT2D eigenvalue weighted by Gasteiger charge is -2.44. The van der Waals surface area contributed by atoms with Crippen LogP contribution in [0.3, 0.4) is 0 Å². The molecule has 1 saturated heterocycles. The van der Waals surface area contributed by atoms with E-state index in [1.54, 1.807) is 0 Å². The van der Waals surface area contributed by atoms with E-state index in [1.807, 2.05) is 0 Å². The number of hydrogen-bond donors (Lipinski definition) is 8. The Kier molecular flexibility index (Phi) is 43.4. The van der Waals surface area contributed by atoms with Gasteiger partial charge < -0.3 is 46.4 Å². The van der Waals surface area contributed by atoms with Gasteiger partial charge in [-0.05, 0) is 38.6 Å². The molecule has 1 unspecified atom stereocenters. The Hall–Kier alpha value is -0.850. The minimum atomic E-state index is -1.57. The van der Waals surface area contributed by atoms with Crippen LogP contribution in [-0.4, -0.2) is 98.0 Å². The van der Waals surface area contributed by atoms with Gasteiger partial charge in [-0.2, -0.15) is 0 Å². The molecule has 0 aliphatic carbocycles. The predicted molar refractivity (Wildman–Crippen MR) is 276 cm³/mol. The van der Waals surface area contributed by atoms with Crippen LogP contribution in [0.25, 0.3) is 0 Å². The predicted octanol–water partition coefficient (Wildman–Crippen LogP) is 12.2. The molecule has 9 atom stereocenters. The van der Waals surface area contributed by atoms with Crippen LogP contribution in [0.4, 0.5) is 0 Å². The molecule has 1 aliphatic heterocycles. The third-order valence-electron chi connectivity index (χ3n) is 14.6. The largest absolute Gasteiger partial charge is 0.390 e. The quantitative estimate of drug-likeness (QED) is 0.0275. The second kappa shape index (κ2) is 45.3. The fraction of sp³-hybridized carbons (Fsp3) is 0.982. The number of amides is 1. The van der Waals surface area contributed by atoms with Gasteiger partial charge in [0, 0.05) is 6.42 Å². The third kappa shape index (κ3) is 33.6. The molecule has 0 aromatic carbocycles. The van der Waals surface area contributed by atoms with Gasteiger partial charge in [0.1, 0.15) is 30.5 Å². The van der Waals surface area contributed by atoms with Crippen molar-refractivity contribution >= 4 is 5.91 Å². The van der Waals surface area contributed by atoms with Gasteiger partial charge >= 0.3 is 0 Å². The highest BCUT2D eigenvalue weighted by atomic mass is 16.5. The van der Waals surface area contributed by atoms with Crippen molar-refractivity contribution in [1.29, 1.82) is 0 Å². The summed E-state index contributed by atoms with van der Waals surface area (Å²) in [5, 5.41) is 69.2. The summed E-state index contributed by atoms with van der Waals surface area (Å²) in [6, 6.07) is -0.953. The van der Waals surface area contributed by atoms with Crippen molar-refractivity contribution in [2.45, 2.75) is 345 Å². The lowest BCUT2D eigenvalue weighted by molar-refractivity contribution is -0.247. The molecule has 9 N–H and O–H groups in total. The van der Waals surface area contributed by atoms with Gasteiger partial charge in [-0.1, -0.05) is 251 Å². The van der Waals surface area contributed by atoms with Crippen LogP contribution in [0.5, 0.6) is 0 Å². The zero-order valence-corrected chi connectivity index (χ0v) is 43.4. The number of carbonyl (C=O) groups is 1. The molecule has 0 bridgehead atoms. The average Bonchev–Trinajstić information content (AvgIpc) is 3.31. The first-order valence-electron chi connectivity index (χ1n) is 28.9. The van der Waals surface area contributed by atoms with Crippen LogP contribution in [-0.2, 0) is 9.53 Å². The standard InChI is InChI=1S/C56H112N2O8/c1-3-5-7-9-11-13-15-17-18-19-20-21-22-23-24-25-26-27-29-31-33-35-40-44-51(61)58-47(52(62)48(59)42-38-34-32-30-28-16-14-12-10-8-6-4-2)46-50-53(63)54(64)55(65)56(66-50)49(60)43-39-36-37-41-45-57/h47-50,52-56,59-60,62-65H,3-46,57H2,1-2H3,(H,58,61)/t47-,48+,49?,50+,52-,53-,54+,55+,56+/m0/s1. The Morgan fingerprint density at radius 1 is 0.470 bits per heavy atom. The summed E-state index contributed by atoms with van der Waals surface area (Å²) in [7, 11) is 0. The molecule has 0 aromatic rings. The van der Waals surface area contributed by atoms with E-state index >= 15 is 0 Å². The van der Waals surface area contributed by atoms with Crippen molar-refractivity contribution in [3.05, 3.63) is 0 Å². The highest BCUT2D eigenvalue weighted by Crippen LogP contribution is 2.29. The molecule has 0 spiro atoms. The molecule has 1 amide bonds. The minimum absolute atomic E-state index is 0.0908. The van der Waals surface area contributed by atoms with E-state index in [9.17, 15) is 35.4 Å². The van der Waals surface area contributed by atoms with Gasteiger partial charge in [-0.15, -0.1) is 0 Å². The minimum Gasteiger partial charge on any atom is -0.390 e. The Labute approximate surface area is 407 Å². The van der Waals surface area contributed by atoms with E-state index in [1.165, 1.54) is 180 Å². The van der Waals surface area contributed by atoms with E-state index in [2.05, 4.69) is 19.2 Å². The van der Waals surface area contributed by atoms with Gasteiger partial charge in [0.15, 0.2) is 0 Å². The van der Waals surface area contributed by atoms with E-state index < -0.39 is 54.9 Å². The van der Waals surface area contributed by atoms with Crippen molar-refractivity contribution < 1.29 is 40.2 Å². The number of rotatable bonds is 49. The SMILES string of the molecule is CCCCCCCCCCCCCCCCCCCCCCCCCC(=O)N[C@@H](C[C@H]1O[C@H](C(O)CCCCCCN)[C@H](O)[C@H](O)[C@H]1O)[C@H](O)[C@H](O)CCCCCCCCCCCCCC. The Morgan fingerprint density at radius 2 is 0.818 bits per heavy atom. The molecule has 0 aromatic heterocycles. The maximum Gasteiger partial charge on any atom is 0.220 e. The van der Waals surface area contributed by atoms with Crippen LogP contribution in [0.15, 0.2) is 0 Å². The summed E-state index contributed by atoms with van der Waals surface area (Å²) in [6.07, 6.45) is 38.5. The summed E-state index contributed by atoms with van der Waals surface area (Å²) in [5.74, 6) is -0.236. The summed E-state index contributed by atoms with van der Waals surface area (Å²) >= 11 is 0. The van der Waals surface area contributed by atoms with E-state index in [-0.39, 0.29) is 18.7 Å². The van der Waals surface area contributed by atoms with Gasteiger partial charge in [-0.3, -0.25) is 4.79 Å². The molecular formula is C56H112N2O8. The van der Waals surface area contributed by atoms with Crippen molar-refractivity contribution in [2.24, 2.45) is 5.73 Å². The summed E-state index contributed by atoms with van der Waals surface area (Å²) < 4.78 is 6.08. The Morgan fingerprint density at radius 3 is 1.21 bits per heavy atom. The van der Waals surface area contributed by atoms with Crippen LogP contribution in [0.1, 0.15) is 290 Å². The fourth-order valence-corrected chi connectivity index (χ4v) is 10.0. The first-order valence-corrected chi connectivity index (χ1v) is 28.9. The van der Waals surface area contributed by atoms with Gasteiger partial charge in [0.2, 0.25) is 5.91 Å². The summed E-state index contributed by atoms with van der Waals surface area (Å²) in [5.41, 5.74) is 5.60. The Bertz CT molecular complexity index is 1040. The molecule has 0 saturated carbocycles. The average molecular weight is 942 g/mol. The number of carbonyl (C=O) groups excluding carboxylic acids is 1. The molecule has 10 nitrogen and oxygen atoms in total. The normalized spacial score (nSPS) is 20.7. The third-order valence-corrected chi connectivity index (χ3v) is 14.6. The molecule has 10 heteroatoms. The summed E-state index contributed by atoms with van der Waals surface area (Å²) in [4.78, 5) is 13.3. The van der Waals surface area contributed by atoms with Gasteiger partial charge in [-0.25, -0.2) is 0 Å². The number of nitrogens with two attached hydrogens (primary N) is 1. The van der Waals surface area contributed by atoms with Crippen molar-refractivity contribution in [1.82, 2.24) is 5.32 Å². The smallest absolute Gasteiger partial charge is 0.220 e. The van der Waals surface area contributed by atoms with Crippen LogP contribution in [0, 0.1) is 0 Å². The number of hydrogen-bond acceptors (Lipinski definition) is 9. The zero-order valence-electron chi connectivity index (χ0n) is 43.4. The first-order chi connectivity index (χ1) is 32.2. The summed E-state index contributed by atoms with van der Waals surface area (Å²) in [6.45, 7) is 5.14. The maximum atomic E-state index is 13.3. The van der Waals surface area contributed by atoms with E-state index in [0.717, 1.165) is 64.2 Å². The monoisotopic (exact) mass is 941 g/mol. The van der Waals surface area contributed by atoms with Crippen LogP contribution in [0.2, 0.25) is 0 Å². The van der Waals surface area contributed by atoms with Crippen molar-refractivity contribution in [2.75, 3.05) is 6.54 Å². The molecule has 394 valence electrons. The topological polar surface area (TPSA) is 186 Å². The second-order valence-electron chi connectivity index (χ2n) is 20.8. The number of ether oxygens (including phenoxy) is 1. The number of aliphatic hydroxyl groups excluding tert-OH is 6. The highest BCUT2D eigenvalue weighted by Gasteiger charge is 2.47. The molecule has 1 rings (SSSR count). The molecule has 1 fully saturated rings. The molecular weight excluding hydrogens is 829 g/mol. The molecule has 0 radical (unpaired) electrons. The highest BCUT2D eigenvalue weighted by molar-refractivity contribution is 5.76. The van der Waals surface area contributed by atoms with Gasteiger partial charge in [0.25, 0.3) is 0 Å². The maximum absolute atomic E-state index is 13.3. The lowest BCUT2D eigenvalue weighted by atomic mass is 9.86. The number of unbranched alkanes of at least 4 members (excludes halogenated alkanes) is 36. The molecule has 1 heterocycles. The van der Waals surface area contributed by atoms with E-state index in [4.69, 9.17) is 10.5 Å². The van der Waals surface area contributed by atoms with Crippen LogP contribution < -0.4 is 11.1 Å². The van der Waals surface area contributed by atoms with Crippen molar-refractivity contribution in [3.63, 3.8) is 0 Å². The zero-order chi connectivity index (χ0) is 48.3. The molecule has 1 aliphatic rings. The van der Waals surface area contributed by atoms with Gasteiger partial charge in [0.05, 0.1) is 24.4 Å². The first kappa shape index (κ1) is 63.2. The Balaban J connectivity index is 2.46.